The number of benzene rings is 5. The van der Waals surface area contributed by atoms with Crippen molar-refractivity contribution in [2.45, 2.75) is 39.5 Å². The Morgan fingerprint density at radius 1 is 0.512 bits per heavy atom. The van der Waals surface area contributed by atoms with Gasteiger partial charge in [0, 0.05) is 5.56 Å². The van der Waals surface area contributed by atoms with Gasteiger partial charge in [-0.1, -0.05) is 137 Å². The normalized spacial score (nSPS) is 13.3. The fourth-order valence-corrected chi connectivity index (χ4v) is 5.70. The molecular formula is C38H37N3. The average Bonchev–Trinajstić information content (AvgIpc) is 3.47. The molecule has 1 aliphatic heterocycles. The van der Waals surface area contributed by atoms with Gasteiger partial charge in [-0.25, -0.2) is 5.01 Å². The molecule has 0 unspecified atom stereocenters. The molecule has 6 rings (SSSR count). The zero-order valence-corrected chi connectivity index (χ0v) is 24.3. The van der Waals surface area contributed by atoms with Crippen LogP contribution in [0.15, 0.2) is 132 Å². The molecular weight excluding hydrogens is 498 g/mol. The maximum Gasteiger partial charge on any atom is 0.162 e. The summed E-state index contributed by atoms with van der Waals surface area (Å²) >= 11 is 0. The minimum absolute atomic E-state index is 0.390. The summed E-state index contributed by atoms with van der Waals surface area (Å²) in [6.45, 7) is 9.77. The predicted molar refractivity (Wildman–Crippen MR) is 175 cm³/mol. The Morgan fingerprint density at radius 2 is 0.976 bits per heavy atom. The third-order valence-electron chi connectivity index (χ3n) is 7.82. The number of rotatable bonds is 7. The minimum atomic E-state index is 0.390. The highest BCUT2D eigenvalue weighted by molar-refractivity contribution is 6.12. The molecule has 5 aromatic rings. The van der Waals surface area contributed by atoms with Crippen molar-refractivity contribution in [3.63, 3.8) is 0 Å². The topological polar surface area (TPSA) is 18.8 Å². The van der Waals surface area contributed by atoms with Crippen LogP contribution in [0.25, 0.3) is 22.3 Å². The SMILES string of the molecule is CC(C)c1cccc(C(C)C)c1N1CN(c2cc(-c3ccccc3)cc(-c3ccccc3)c2)N=C1c1ccccc1. The van der Waals surface area contributed by atoms with E-state index in [0.29, 0.717) is 18.5 Å². The Labute approximate surface area is 244 Å². The lowest BCUT2D eigenvalue weighted by Gasteiger charge is -2.29. The van der Waals surface area contributed by atoms with Gasteiger partial charge >= 0.3 is 0 Å². The average molecular weight is 536 g/mol. The van der Waals surface area contributed by atoms with Gasteiger partial charge in [-0.2, -0.15) is 5.10 Å². The van der Waals surface area contributed by atoms with Crippen LogP contribution in [0.4, 0.5) is 11.4 Å². The van der Waals surface area contributed by atoms with Crippen molar-refractivity contribution in [1.29, 1.82) is 0 Å². The van der Waals surface area contributed by atoms with Crippen molar-refractivity contribution in [3.8, 4) is 22.3 Å². The van der Waals surface area contributed by atoms with E-state index in [9.17, 15) is 0 Å². The van der Waals surface area contributed by atoms with E-state index >= 15 is 0 Å². The summed E-state index contributed by atoms with van der Waals surface area (Å²) in [5.41, 5.74) is 10.9. The molecule has 0 bridgehead atoms. The van der Waals surface area contributed by atoms with Crippen molar-refractivity contribution >= 4 is 17.2 Å². The molecule has 0 aromatic heterocycles. The molecule has 3 heteroatoms. The van der Waals surface area contributed by atoms with Crippen LogP contribution in [0.2, 0.25) is 0 Å². The minimum Gasteiger partial charge on any atom is -0.304 e. The highest BCUT2D eigenvalue weighted by Gasteiger charge is 2.31. The van der Waals surface area contributed by atoms with E-state index in [2.05, 4.69) is 165 Å². The summed E-state index contributed by atoms with van der Waals surface area (Å²) in [7, 11) is 0. The van der Waals surface area contributed by atoms with Crippen LogP contribution in [-0.4, -0.2) is 12.5 Å². The molecule has 1 aliphatic rings. The van der Waals surface area contributed by atoms with Crippen LogP contribution in [0.3, 0.4) is 0 Å². The fourth-order valence-electron chi connectivity index (χ4n) is 5.70. The van der Waals surface area contributed by atoms with Crippen molar-refractivity contribution in [1.82, 2.24) is 0 Å². The third-order valence-corrected chi connectivity index (χ3v) is 7.82. The van der Waals surface area contributed by atoms with Gasteiger partial charge in [-0.3, -0.25) is 0 Å². The molecule has 0 atom stereocenters. The molecule has 0 saturated carbocycles. The zero-order valence-electron chi connectivity index (χ0n) is 24.3. The Balaban J connectivity index is 1.52. The van der Waals surface area contributed by atoms with Crippen LogP contribution in [0, 0.1) is 0 Å². The van der Waals surface area contributed by atoms with E-state index in [-0.39, 0.29) is 0 Å². The van der Waals surface area contributed by atoms with Gasteiger partial charge in [0.25, 0.3) is 0 Å². The number of para-hydroxylation sites is 1. The Kier molecular flexibility index (Phi) is 7.43. The second kappa shape index (κ2) is 11.5. The van der Waals surface area contributed by atoms with Crippen molar-refractivity contribution in [2.75, 3.05) is 16.6 Å². The van der Waals surface area contributed by atoms with Gasteiger partial charge in [0.15, 0.2) is 5.84 Å². The fraction of sp³-hybridized carbons (Fsp3) is 0.184. The van der Waals surface area contributed by atoms with Gasteiger partial charge in [0.2, 0.25) is 0 Å². The van der Waals surface area contributed by atoms with Crippen LogP contribution < -0.4 is 9.91 Å². The second-order valence-electron chi connectivity index (χ2n) is 11.4. The Hall–Kier alpha value is -4.63. The monoisotopic (exact) mass is 535 g/mol. The van der Waals surface area contributed by atoms with E-state index < -0.39 is 0 Å². The van der Waals surface area contributed by atoms with Crippen molar-refractivity contribution < 1.29 is 0 Å². The van der Waals surface area contributed by atoms with E-state index in [1.165, 1.54) is 39.1 Å². The highest BCUT2D eigenvalue weighted by Crippen LogP contribution is 2.40. The number of anilines is 2. The van der Waals surface area contributed by atoms with Crippen LogP contribution in [0.5, 0.6) is 0 Å². The Bertz CT molecular complexity index is 1570. The van der Waals surface area contributed by atoms with Gasteiger partial charge in [0.05, 0.1) is 11.4 Å². The molecule has 41 heavy (non-hydrogen) atoms. The van der Waals surface area contributed by atoms with Crippen molar-refractivity contribution in [3.05, 3.63) is 144 Å². The summed E-state index contributed by atoms with van der Waals surface area (Å²) in [5.74, 6) is 1.76. The van der Waals surface area contributed by atoms with Gasteiger partial charge in [-0.05, 0) is 63.4 Å². The molecule has 0 fully saturated rings. The molecule has 0 aliphatic carbocycles. The maximum atomic E-state index is 5.33. The standard InChI is InChI=1S/C38H37N3/c1-27(2)35-21-14-22-36(28(3)4)37(35)40-26-41(39-38(40)31-19-12-7-13-20-31)34-24-32(29-15-8-5-9-16-29)23-33(25-34)30-17-10-6-11-18-30/h5-25,27-28H,26H2,1-4H3. The van der Waals surface area contributed by atoms with Crippen LogP contribution >= 0.6 is 0 Å². The lowest BCUT2D eigenvalue weighted by Crippen LogP contribution is -2.33. The molecule has 204 valence electrons. The predicted octanol–water partition coefficient (Wildman–Crippen LogP) is 9.91. The van der Waals surface area contributed by atoms with E-state index in [1.807, 2.05) is 0 Å². The quantitative estimate of drug-likeness (QED) is 0.206. The molecule has 0 amide bonds. The van der Waals surface area contributed by atoms with E-state index in [1.54, 1.807) is 0 Å². The van der Waals surface area contributed by atoms with Crippen molar-refractivity contribution in [2.24, 2.45) is 5.10 Å². The summed E-state index contributed by atoms with van der Waals surface area (Å²) in [5, 5.41) is 7.50. The number of hydrogen-bond acceptors (Lipinski definition) is 3. The lowest BCUT2D eigenvalue weighted by molar-refractivity contribution is 0.816. The van der Waals surface area contributed by atoms with Gasteiger partial charge < -0.3 is 4.90 Å². The third kappa shape index (κ3) is 5.40. The first-order valence-corrected chi connectivity index (χ1v) is 14.6. The first kappa shape index (κ1) is 26.6. The first-order chi connectivity index (χ1) is 20.0. The highest BCUT2D eigenvalue weighted by atomic mass is 15.6. The number of hydrazone groups is 1. The Morgan fingerprint density at radius 3 is 1.44 bits per heavy atom. The maximum absolute atomic E-state index is 5.33. The smallest absolute Gasteiger partial charge is 0.162 e. The number of nitrogens with zero attached hydrogens (tertiary/aromatic N) is 3. The molecule has 5 aromatic carbocycles. The molecule has 3 nitrogen and oxygen atoms in total. The molecule has 0 spiro atoms. The summed E-state index contributed by atoms with van der Waals surface area (Å²) in [6.07, 6.45) is 0. The number of hydrogen-bond donors (Lipinski definition) is 0. The molecule has 1 heterocycles. The molecule has 0 saturated heterocycles. The van der Waals surface area contributed by atoms with Gasteiger partial charge in [-0.15, -0.1) is 0 Å². The summed E-state index contributed by atoms with van der Waals surface area (Å²) < 4.78 is 0. The lowest BCUT2D eigenvalue weighted by atomic mass is 9.91. The zero-order chi connectivity index (χ0) is 28.3. The summed E-state index contributed by atoms with van der Waals surface area (Å²) in [4.78, 5) is 2.43. The van der Waals surface area contributed by atoms with Gasteiger partial charge in [0.1, 0.15) is 6.67 Å². The van der Waals surface area contributed by atoms with E-state index in [4.69, 9.17) is 5.10 Å². The number of amidine groups is 1. The second-order valence-corrected chi connectivity index (χ2v) is 11.4. The molecule has 0 N–H and O–H groups in total. The van der Waals surface area contributed by atoms with Crippen LogP contribution in [-0.2, 0) is 0 Å². The van der Waals surface area contributed by atoms with E-state index in [0.717, 1.165) is 17.1 Å². The molecule has 0 radical (unpaired) electrons. The summed E-state index contributed by atoms with van der Waals surface area (Å²) in [6, 6.07) is 45.4. The van der Waals surface area contributed by atoms with Crippen LogP contribution in [0.1, 0.15) is 56.2 Å². The first-order valence-electron chi connectivity index (χ1n) is 14.6. The largest absolute Gasteiger partial charge is 0.304 e.